The van der Waals surface area contributed by atoms with E-state index < -0.39 is 6.10 Å². The summed E-state index contributed by atoms with van der Waals surface area (Å²) in [7, 11) is 0. The number of ether oxygens (including phenoxy) is 1. The highest BCUT2D eigenvalue weighted by atomic mass is 16.6. The first kappa shape index (κ1) is 16.0. The van der Waals surface area contributed by atoms with Gasteiger partial charge in [-0.15, -0.1) is 0 Å². The zero-order chi connectivity index (χ0) is 16.1. The zero-order valence-corrected chi connectivity index (χ0v) is 13.5. The second-order valence-corrected chi connectivity index (χ2v) is 6.15. The van der Waals surface area contributed by atoms with Gasteiger partial charge in [-0.25, -0.2) is 0 Å². The van der Waals surface area contributed by atoms with E-state index >= 15 is 0 Å². The Hall–Kier alpha value is -1.88. The van der Waals surface area contributed by atoms with Crippen molar-refractivity contribution in [1.82, 2.24) is 5.32 Å². The predicted molar refractivity (Wildman–Crippen MR) is 88.1 cm³/mol. The lowest BCUT2D eigenvalue weighted by atomic mass is 9.91. The van der Waals surface area contributed by atoms with Crippen molar-refractivity contribution in [3.63, 3.8) is 0 Å². The van der Waals surface area contributed by atoms with Gasteiger partial charge >= 0.3 is 0 Å². The molecular formula is C18H24N2O3. The van der Waals surface area contributed by atoms with Crippen LogP contribution in [0.1, 0.15) is 44.2 Å². The van der Waals surface area contributed by atoms with E-state index in [9.17, 15) is 4.79 Å². The summed E-state index contributed by atoms with van der Waals surface area (Å²) in [6.45, 7) is 3.61. The SMILES string of the molecule is CC[C@H](NC(=O)C1CC(C2CCOCC2)=NO1)c1ccccc1. The molecule has 1 amide bonds. The number of hydrogen-bond donors (Lipinski definition) is 1. The molecule has 1 aromatic rings. The minimum Gasteiger partial charge on any atom is -0.382 e. The molecule has 1 saturated heterocycles. The molecule has 0 aromatic heterocycles. The smallest absolute Gasteiger partial charge is 0.264 e. The molecule has 0 saturated carbocycles. The fraction of sp³-hybridized carbons (Fsp3) is 0.556. The number of oxime groups is 1. The number of carbonyl (C=O) groups excluding carboxylic acids is 1. The normalized spacial score (nSPS) is 23.0. The zero-order valence-electron chi connectivity index (χ0n) is 13.5. The first-order valence-corrected chi connectivity index (χ1v) is 8.43. The summed E-state index contributed by atoms with van der Waals surface area (Å²) in [6, 6.07) is 10.0. The van der Waals surface area contributed by atoms with E-state index in [1.807, 2.05) is 30.3 Å². The third-order valence-corrected chi connectivity index (χ3v) is 4.60. The Balaban J connectivity index is 1.55. The number of nitrogens with one attached hydrogen (secondary N) is 1. The summed E-state index contributed by atoms with van der Waals surface area (Å²) in [5, 5.41) is 7.25. The molecular weight excluding hydrogens is 292 g/mol. The van der Waals surface area contributed by atoms with E-state index in [2.05, 4.69) is 17.4 Å². The standard InChI is InChI=1S/C18H24N2O3/c1-2-15(13-6-4-3-5-7-13)19-18(21)17-12-16(20-23-17)14-8-10-22-11-9-14/h3-7,14-15,17H,2,8-12H2,1H3,(H,19,21)/t15-,17?/m0/s1. The van der Waals surface area contributed by atoms with Gasteiger partial charge in [-0.2, -0.15) is 0 Å². The van der Waals surface area contributed by atoms with Crippen molar-refractivity contribution in [2.24, 2.45) is 11.1 Å². The largest absolute Gasteiger partial charge is 0.382 e. The van der Waals surface area contributed by atoms with Crippen LogP contribution in [0.4, 0.5) is 0 Å². The van der Waals surface area contributed by atoms with Crippen LogP contribution in [0, 0.1) is 5.92 Å². The fourth-order valence-electron chi connectivity index (χ4n) is 3.18. The lowest BCUT2D eigenvalue weighted by Crippen LogP contribution is -2.37. The second kappa shape index (κ2) is 7.59. The number of nitrogens with zero attached hydrogens (tertiary/aromatic N) is 1. The summed E-state index contributed by atoms with van der Waals surface area (Å²) in [5.74, 6) is 0.323. The molecule has 0 aliphatic carbocycles. The molecule has 1 fully saturated rings. The van der Waals surface area contributed by atoms with Gasteiger partial charge in [0.25, 0.3) is 5.91 Å². The van der Waals surface area contributed by atoms with E-state index in [0.29, 0.717) is 12.3 Å². The molecule has 1 unspecified atom stereocenters. The average molecular weight is 316 g/mol. The first-order valence-electron chi connectivity index (χ1n) is 8.43. The highest BCUT2D eigenvalue weighted by Crippen LogP contribution is 2.25. The molecule has 2 aliphatic rings. The number of carbonyl (C=O) groups is 1. The van der Waals surface area contributed by atoms with E-state index in [1.54, 1.807) is 0 Å². The van der Waals surface area contributed by atoms with E-state index in [1.165, 1.54) is 0 Å². The number of amides is 1. The van der Waals surface area contributed by atoms with Crippen LogP contribution in [-0.2, 0) is 14.4 Å². The molecule has 0 radical (unpaired) electrons. The molecule has 0 spiro atoms. The van der Waals surface area contributed by atoms with Gasteiger partial charge in [-0.3, -0.25) is 4.79 Å². The Bertz CT molecular complexity index is 553. The molecule has 1 aromatic carbocycles. The Morgan fingerprint density at radius 2 is 2.04 bits per heavy atom. The summed E-state index contributed by atoms with van der Waals surface area (Å²) < 4.78 is 5.37. The van der Waals surface area contributed by atoms with Crippen LogP contribution in [0.25, 0.3) is 0 Å². The van der Waals surface area contributed by atoms with Gasteiger partial charge in [0.05, 0.1) is 11.8 Å². The van der Waals surface area contributed by atoms with Crippen LogP contribution in [0.15, 0.2) is 35.5 Å². The van der Waals surface area contributed by atoms with Crippen molar-refractivity contribution < 1.29 is 14.4 Å². The van der Waals surface area contributed by atoms with Gasteiger partial charge in [-0.1, -0.05) is 42.4 Å². The van der Waals surface area contributed by atoms with Crippen molar-refractivity contribution >= 4 is 11.6 Å². The third kappa shape index (κ3) is 3.91. The van der Waals surface area contributed by atoms with Crippen LogP contribution in [0.5, 0.6) is 0 Å². The number of rotatable bonds is 5. The van der Waals surface area contributed by atoms with Crippen LogP contribution < -0.4 is 5.32 Å². The number of hydrogen-bond acceptors (Lipinski definition) is 4. The Morgan fingerprint density at radius 3 is 2.74 bits per heavy atom. The average Bonchev–Trinajstić information content (AvgIpc) is 3.11. The van der Waals surface area contributed by atoms with E-state index in [0.717, 1.165) is 43.8 Å². The lowest BCUT2D eigenvalue weighted by molar-refractivity contribution is -0.132. The minimum absolute atomic E-state index is 0.0134. The van der Waals surface area contributed by atoms with Gasteiger partial charge in [0, 0.05) is 25.6 Å². The Labute approximate surface area is 137 Å². The minimum atomic E-state index is -0.495. The van der Waals surface area contributed by atoms with Gasteiger partial charge in [0.15, 0.2) is 0 Å². The molecule has 3 rings (SSSR count). The number of benzene rings is 1. The monoisotopic (exact) mass is 316 g/mol. The van der Waals surface area contributed by atoms with Crippen LogP contribution in [0.3, 0.4) is 0 Å². The maximum Gasteiger partial charge on any atom is 0.264 e. The molecule has 2 atom stereocenters. The highest BCUT2D eigenvalue weighted by Gasteiger charge is 2.33. The predicted octanol–water partition coefficient (Wildman–Crippen LogP) is 2.83. The quantitative estimate of drug-likeness (QED) is 0.908. The Kier molecular flexibility index (Phi) is 5.28. The van der Waals surface area contributed by atoms with Crippen LogP contribution >= 0.6 is 0 Å². The van der Waals surface area contributed by atoms with E-state index in [-0.39, 0.29) is 11.9 Å². The van der Waals surface area contributed by atoms with Crippen molar-refractivity contribution in [3.05, 3.63) is 35.9 Å². The maximum absolute atomic E-state index is 12.5. The molecule has 2 aliphatic heterocycles. The van der Waals surface area contributed by atoms with Crippen molar-refractivity contribution in [2.75, 3.05) is 13.2 Å². The van der Waals surface area contributed by atoms with Gasteiger partial charge in [-0.05, 0) is 24.8 Å². The van der Waals surface area contributed by atoms with Crippen molar-refractivity contribution in [3.8, 4) is 0 Å². The van der Waals surface area contributed by atoms with Gasteiger partial charge in [0.2, 0.25) is 6.10 Å². The fourth-order valence-corrected chi connectivity index (χ4v) is 3.18. The summed E-state index contributed by atoms with van der Waals surface area (Å²) in [6.07, 6.45) is 2.89. The molecule has 23 heavy (non-hydrogen) atoms. The first-order chi connectivity index (χ1) is 11.3. The highest BCUT2D eigenvalue weighted by molar-refractivity contribution is 5.94. The molecule has 0 bridgehead atoms. The molecule has 2 heterocycles. The van der Waals surface area contributed by atoms with Gasteiger partial charge in [0.1, 0.15) is 0 Å². The maximum atomic E-state index is 12.5. The topological polar surface area (TPSA) is 59.9 Å². The summed E-state index contributed by atoms with van der Waals surface area (Å²) in [4.78, 5) is 17.9. The van der Waals surface area contributed by atoms with Gasteiger partial charge < -0.3 is 14.9 Å². The lowest BCUT2D eigenvalue weighted by Gasteiger charge is -2.21. The van der Waals surface area contributed by atoms with E-state index in [4.69, 9.17) is 9.57 Å². The molecule has 5 nitrogen and oxygen atoms in total. The summed E-state index contributed by atoms with van der Waals surface area (Å²) >= 11 is 0. The summed E-state index contributed by atoms with van der Waals surface area (Å²) in [5.41, 5.74) is 2.13. The van der Waals surface area contributed by atoms with Crippen LogP contribution in [-0.4, -0.2) is 30.9 Å². The van der Waals surface area contributed by atoms with Crippen molar-refractivity contribution in [1.29, 1.82) is 0 Å². The molecule has 5 heteroatoms. The Morgan fingerprint density at radius 1 is 1.30 bits per heavy atom. The third-order valence-electron chi connectivity index (χ3n) is 4.60. The van der Waals surface area contributed by atoms with Crippen LogP contribution in [0.2, 0.25) is 0 Å². The molecule has 1 N–H and O–H groups in total. The second-order valence-electron chi connectivity index (χ2n) is 6.15. The van der Waals surface area contributed by atoms with Crippen molar-refractivity contribution in [2.45, 2.75) is 44.8 Å². The molecule has 124 valence electrons.